The van der Waals surface area contributed by atoms with Gasteiger partial charge in [-0.05, 0) is 36.4 Å². The molecule has 4 rings (SSSR count). The van der Waals surface area contributed by atoms with Crippen LogP contribution >= 0.6 is 0 Å². The van der Waals surface area contributed by atoms with E-state index in [-0.39, 0.29) is 4.90 Å². The minimum atomic E-state index is -3.66. The Bertz CT molecular complexity index is 1030. The molecule has 2 N–H and O–H groups in total. The highest BCUT2D eigenvalue weighted by Gasteiger charge is 2.19. The predicted octanol–water partition coefficient (Wildman–Crippen LogP) is 1.60. The summed E-state index contributed by atoms with van der Waals surface area (Å²) in [7, 11) is -3.66. The lowest BCUT2D eigenvalue weighted by Crippen LogP contribution is -2.46. The van der Waals surface area contributed by atoms with Gasteiger partial charge in [0.15, 0.2) is 0 Å². The maximum absolute atomic E-state index is 11.4. The Kier molecular flexibility index (Phi) is 4.21. The van der Waals surface area contributed by atoms with Crippen LogP contribution in [0.5, 0.6) is 0 Å². The molecule has 0 spiro atoms. The summed E-state index contributed by atoms with van der Waals surface area (Å²) in [4.78, 5) is 13.7. The number of rotatable bonds is 3. The second-order valence-corrected chi connectivity index (χ2v) is 7.79. The second-order valence-electron chi connectivity index (χ2n) is 6.23. The molecule has 0 aliphatic carbocycles. The van der Waals surface area contributed by atoms with Crippen molar-refractivity contribution in [2.24, 2.45) is 5.14 Å². The van der Waals surface area contributed by atoms with Gasteiger partial charge in [0.1, 0.15) is 5.82 Å². The SMILES string of the molecule is NS(=O)(=O)c1ccc(N2CCN(c3cnc4ccccc4n3)CC2)cc1. The molecule has 1 aromatic heterocycles. The van der Waals surface area contributed by atoms with Crippen molar-refractivity contribution in [1.29, 1.82) is 0 Å². The number of fused-ring (bicyclic) bond motifs is 1. The molecule has 0 saturated carbocycles. The lowest BCUT2D eigenvalue weighted by Gasteiger charge is -2.36. The summed E-state index contributed by atoms with van der Waals surface area (Å²) in [6, 6.07) is 14.5. The van der Waals surface area contributed by atoms with Gasteiger partial charge in [-0.25, -0.2) is 18.5 Å². The van der Waals surface area contributed by atoms with Gasteiger partial charge < -0.3 is 9.80 Å². The van der Waals surface area contributed by atoms with Crippen LogP contribution in [0.1, 0.15) is 0 Å². The fraction of sp³-hybridized carbons (Fsp3) is 0.222. The van der Waals surface area contributed by atoms with Gasteiger partial charge in [-0.15, -0.1) is 0 Å². The monoisotopic (exact) mass is 369 g/mol. The standard InChI is InChI=1S/C18H19N5O2S/c19-26(24,25)15-7-5-14(6-8-15)22-9-11-23(12-10-22)18-13-20-16-3-1-2-4-17(16)21-18/h1-8,13H,9-12H2,(H2,19,24,25). The van der Waals surface area contributed by atoms with Crippen molar-refractivity contribution in [1.82, 2.24) is 9.97 Å². The number of sulfonamides is 1. The maximum Gasteiger partial charge on any atom is 0.238 e. The number of nitrogens with zero attached hydrogens (tertiary/aromatic N) is 4. The molecule has 0 amide bonds. The van der Waals surface area contributed by atoms with Gasteiger partial charge in [0.2, 0.25) is 10.0 Å². The van der Waals surface area contributed by atoms with Crippen molar-refractivity contribution in [3.63, 3.8) is 0 Å². The molecule has 0 unspecified atom stereocenters. The first-order valence-electron chi connectivity index (χ1n) is 8.35. The molecule has 1 aliphatic heterocycles. The normalized spacial score (nSPS) is 15.4. The first kappa shape index (κ1) is 16.7. The average Bonchev–Trinajstić information content (AvgIpc) is 2.67. The third-order valence-corrected chi connectivity index (χ3v) is 5.50. The van der Waals surface area contributed by atoms with Crippen LogP contribution < -0.4 is 14.9 Å². The molecule has 0 atom stereocenters. The second kappa shape index (κ2) is 6.54. The molecule has 7 nitrogen and oxygen atoms in total. The van der Waals surface area contributed by atoms with Gasteiger partial charge in [-0.2, -0.15) is 0 Å². The maximum atomic E-state index is 11.4. The van der Waals surface area contributed by atoms with Crippen LogP contribution in [0.15, 0.2) is 59.6 Å². The van der Waals surface area contributed by atoms with Gasteiger partial charge in [0.25, 0.3) is 0 Å². The quantitative estimate of drug-likeness (QED) is 0.754. The fourth-order valence-corrected chi connectivity index (χ4v) is 3.66. The largest absolute Gasteiger partial charge is 0.368 e. The van der Waals surface area contributed by atoms with Crippen LogP contribution in [-0.4, -0.2) is 44.6 Å². The van der Waals surface area contributed by atoms with E-state index in [1.807, 2.05) is 30.5 Å². The topological polar surface area (TPSA) is 92.4 Å². The Hall–Kier alpha value is -2.71. The number of aromatic nitrogens is 2. The number of nitrogens with two attached hydrogens (primary N) is 1. The zero-order valence-electron chi connectivity index (χ0n) is 14.1. The summed E-state index contributed by atoms with van der Waals surface area (Å²) >= 11 is 0. The number of para-hydroxylation sites is 2. The minimum absolute atomic E-state index is 0.131. The lowest BCUT2D eigenvalue weighted by molar-refractivity contribution is 0.597. The van der Waals surface area contributed by atoms with Gasteiger partial charge in [0, 0.05) is 31.9 Å². The van der Waals surface area contributed by atoms with E-state index in [0.717, 1.165) is 48.7 Å². The number of anilines is 2. The summed E-state index contributed by atoms with van der Waals surface area (Å²) in [5.41, 5.74) is 2.78. The molecular formula is C18H19N5O2S. The molecule has 8 heteroatoms. The van der Waals surface area contributed by atoms with Crippen molar-refractivity contribution < 1.29 is 8.42 Å². The third-order valence-electron chi connectivity index (χ3n) is 4.57. The highest BCUT2D eigenvalue weighted by molar-refractivity contribution is 7.89. The van der Waals surface area contributed by atoms with E-state index in [0.29, 0.717) is 0 Å². The van der Waals surface area contributed by atoms with Crippen molar-refractivity contribution >= 4 is 32.6 Å². The summed E-state index contributed by atoms with van der Waals surface area (Å²) < 4.78 is 22.7. The van der Waals surface area contributed by atoms with Crippen LogP contribution in [-0.2, 0) is 10.0 Å². The number of hydrogen-bond acceptors (Lipinski definition) is 6. The van der Waals surface area contributed by atoms with Crippen LogP contribution in [0.2, 0.25) is 0 Å². The van der Waals surface area contributed by atoms with Crippen molar-refractivity contribution in [2.45, 2.75) is 4.90 Å². The van der Waals surface area contributed by atoms with Crippen molar-refractivity contribution in [2.75, 3.05) is 36.0 Å². The van der Waals surface area contributed by atoms with E-state index in [2.05, 4.69) is 14.8 Å². The highest BCUT2D eigenvalue weighted by Crippen LogP contribution is 2.21. The van der Waals surface area contributed by atoms with E-state index in [1.54, 1.807) is 24.3 Å². The van der Waals surface area contributed by atoms with Crippen molar-refractivity contribution in [3.8, 4) is 0 Å². The van der Waals surface area contributed by atoms with Crippen LogP contribution in [0.25, 0.3) is 11.0 Å². The number of primary sulfonamides is 1. The number of benzene rings is 2. The Morgan fingerprint density at radius 2 is 1.46 bits per heavy atom. The Labute approximate surface area is 152 Å². The van der Waals surface area contributed by atoms with Gasteiger partial charge in [-0.1, -0.05) is 12.1 Å². The number of hydrogen-bond donors (Lipinski definition) is 1. The molecule has 1 aliphatic rings. The molecule has 0 bridgehead atoms. The van der Waals surface area contributed by atoms with E-state index in [9.17, 15) is 8.42 Å². The van der Waals surface area contributed by atoms with Crippen molar-refractivity contribution in [3.05, 3.63) is 54.7 Å². The van der Waals surface area contributed by atoms with E-state index in [1.165, 1.54) is 0 Å². The van der Waals surface area contributed by atoms with Gasteiger partial charge in [-0.3, -0.25) is 4.98 Å². The molecule has 2 aromatic carbocycles. The van der Waals surface area contributed by atoms with Crippen LogP contribution in [0.3, 0.4) is 0 Å². The summed E-state index contributed by atoms with van der Waals surface area (Å²) in [6.45, 7) is 3.29. The van der Waals surface area contributed by atoms with Gasteiger partial charge >= 0.3 is 0 Å². The number of piperazine rings is 1. The fourth-order valence-electron chi connectivity index (χ4n) is 3.14. The first-order valence-corrected chi connectivity index (χ1v) is 9.90. The smallest absolute Gasteiger partial charge is 0.238 e. The summed E-state index contributed by atoms with van der Waals surface area (Å²) in [5, 5.41) is 5.15. The lowest BCUT2D eigenvalue weighted by atomic mass is 10.2. The Morgan fingerprint density at radius 3 is 2.12 bits per heavy atom. The Balaban J connectivity index is 1.46. The summed E-state index contributed by atoms with van der Waals surface area (Å²) in [5.74, 6) is 0.882. The zero-order chi connectivity index (χ0) is 18.1. The predicted molar refractivity (Wildman–Crippen MR) is 102 cm³/mol. The van der Waals surface area contributed by atoms with Crippen LogP contribution in [0.4, 0.5) is 11.5 Å². The molecule has 1 fully saturated rings. The molecular weight excluding hydrogens is 350 g/mol. The van der Waals surface area contributed by atoms with Gasteiger partial charge in [0.05, 0.1) is 22.1 Å². The van der Waals surface area contributed by atoms with E-state index < -0.39 is 10.0 Å². The van der Waals surface area contributed by atoms with E-state index in [4.69, 9.17) is 10.1 Å². The van der Waals surface area contributed by atoms with E-state index >= 15 is 0 Å². The first-order chi connectivity index (χ1) is 12.5. The molecule has 3 aromatic rings. The van der Waals surface area contributed by atoms with Crippen LogP contribution in [0, 0.1) is 0 Å². The molecule has 26 heavy (non-hydrogen) atoms. The molecule has 2 heterocycles. The molecule has 0 radical (unpaired) electrons. The summed E-state index contributed by atoms with van der Waals surface area (Å²) in [6.07, 6.45) is 1.82. The molecule has 1 saturated heterocycles. The average molecular weight is 369 g/mol. The minimum Gasteiger partial charge on any atom is -0.368 e. The molecule has 134 valence electrons. The highest BCUT2D eigenvalue weighted by atomic mass is 32.2. The zero-order valence-corrected chi connectivity index (χ0v) is 14.9. The Morgan fingerprint density at radius 1 is 0.846 bits per heavy atom. The third kappa shape index (κ3) is 3.33.